The number of alkyl halides is 1. The van der Waals surface area contributed by atoms with Crippen LogP contribution in [-0.2, 0) is 4.74 Å². The van der Waals surface area contributed by atoms with Crippen LogP contribution in [0.5, 0.6) is 6.01 Å². The van der Waals surface area contributed by atoms with Gasteiger partial charge in [-0.25, -0.2) is 27.9 Å². The number of nitrogens with zero attached hydrogens (tertiary/aromatic N) is 5. The number of hydrogen-bond donors (Lipinski definition) is 1. The zero-order chi connectivity index (χ0) is 34.0. The maximum atomic E-state index is 16.9. The summed E-state index contributed by atoms with van der Waals surface area (Å²) in [5.74, 6) is 1.43. The third-order valence-electron chi connectivity index (χ3n) is 9.58. The summed E-state index contributed by atoms with van der Waals surface area (Å²) < 4.78 is 58.0. The molecule has 12 heteroatoms. The second-order valence-corrected chi connectivity index (χ2v) is 14.0. The van der Waals surface area contributed by atoms with E-state index in [1.54, 1.807) is 26.8 Å². The Kier molecular flexibility index (Phi) is 7.86. The minimum absolute atomic E-state index is 0.0352. The van der Waals surface area contributed by atoms with Crippen molar-refractivity contribution in [1.29, 1.82) is 0 Å². The number of nitrogens with one attached hydrogen (secondary N) is 1. The Morgan fingerprint density at radius 2 is 2.02 bits per heavy atom. The van der Waals surface area contributed by atoms with Crippen LogP contribution in [0.25, 0.3) is 32.9 Å². The Hall–Kier alpha value is -4.63. The number of carbonyl (C=O) groups is 1. The van der Waals surface area contributed by atoms with Crippen LogP contribution in [-0.4, -0.2) is 75.5 Å². The van der Waals surface area contributed by atoms with Gasteiger partial charge in [-0.3, -0.25) is 10.2 Å². The summed E-state index contributed by atoms with van der Waals surface area (Å²) in [6.45, 7) is 9.30. The van der Waals surface area contributed by atoms with E-state index in [0.29, 0.717) is 36.1 Å². The molecule has 3 atom stereocenters. The molecule has 4 aromatic rings. The van der Waals surface area contributed by atoms with Gasteiger partial charge in [0.1, 0.15) is 41.2 Å². The smallest absolute Gasteiger partial charge is 0.412 e. The highest BCUT2D eigenvalue weighted by Gasteiger charge is 2.49. The molecule has 2 aromatic heterocycles. The predicted molar refractivity (Wildman–Crippen MR) is 178 cm³/mol. The number of anilines is 2. The third-order valence-corrected chi connectivity index (χ3v) is 9.58. The maximum Gasteiger partial charge on any atom is 0.412 e. The summed E-state index contributed by atoms with van der Waals surface area (Å²) in [5, 5.41) is 3.81. The topological polar surface area (TPSA) is 92.7 Å². The fourth-order valence-corrected chi connectivity index (χ4v) is 7.23. The summed E-state index contributed by atoms with van der Waals surface area (Å²) >= 11 is 0. The number of carbonyl (C=O) groups excluding carboxylic acids is 1. The Morgan fingerprint density at radius 3 is 2.73 bits per heavy atom. The standard InChI is InChI=1S/C36H37F3N6O3/c1-6-24-27(38)9-8-21-14-23(41-34(46)48-35(3,4)5)15-25(28(21)24)30-29(39)31-26(32(42-30)45-13-10-20(45)2)17-40-33(43-31)47-19-36-11-7-12-44(36)18-22(37)16-36/h1,8-9,14-15,17,20,22H,7,10-13,16,18-19H2,2-5H3,(H,41,46)/t20-,22+,36-/m0/s1. The van der Waals surface area contributed by atoms with Gasteiger partial charge in [-0.1, -0.05) is 12.0 Å². The van der Waals surface area contributed by atoms with Gasteiger partial charge in [-0.2, -0.15) is 4.98 Å². The van der Waals surface area contributed by atoms with E-state index in [1.807, 2.05) is 11.8 Å². The number of rotatable bonds is 6. The fourth-order valence-electron chi connectivity index (χ4n) is 7.23. The first-order valence-electron chi connectivity index (χ1n) is 16.2. The molecule has 48 heavy (non-hydrogen) atoms. The van der Waals surface area contributed by atoms with Crippen molar-refractivity contribution in [1.82, 2.24) is 19.9 Å². The molecule has 0 saturated carbocycles. The van der Waals surface area contributed by atoms with Crippen LogP contribution in [0.4, 0.5) is 29.5 Å². The molecule has 0 bridgehead atoms. The van der Waals surface area contributed by atoms with Gasteiger partial charge in [0.2, 0.25) is 0 Å². The molecule has 250 valence electrons. The molecule has 2 aromatic carbocycles. The van der Waals surface area contributed by atoms with Gasteiger partial charge in [-0.05, 0) is 77.1 Å². The highest BCUT2D eigenvalue weighted by Crippen LogP contribution is 2.42. The summed E-state index contributed by atoms with van der Waals surface area (Å²) in [4.78, 5) is 30.7. The molecular formula is C36H37F3N6O3. The second kappa shape index (κ2) is 11.8. The molecule has 9 nitrogen and oxygen atoms in total. The first-order valence-corrected chi connectivity index (χ1v) is 16.2. The lowest BCUT2D eigenvalue weighted by atomic mass is 9.95. The molecule has 5 heterocycles. The molecule has 1 amide bonds. The van der Waals surface area contributed by atoms with E-state index in [2.05, 4.69) is 26.1 Å². The number of hydrogen-bond acceptors (Lipinski definition) is 8. The maximum absolute atomic E-state index is 16.9. The van der Waals surface area contributed by atoms with Crippen molar-refractivity contribution in [2.75, 3.05) is 36.5 Å². The summed E-state index contributed by atoms with van der Waals surface area (Å²) in [7, 11) is 0. The minimum atomic E-state index is -0.924. The highest BCUT2D eigenvalue weighted by molar-refractivity contribution is 6.05. The summed E-state index contributed by atoms with van der Waals surface area (Å²) in [6, 6.07) is 5.95. The van der Waals surface area contributed by atoms with E-state index >= 15 is 8.78 Å². The summed E-state index contributed by atoms with van der Waals surface area (Å²) in [6.07, 6.45) is 8.68. The molecule has 0 unspecified atom stereocenters. The minimum Gasteiger partial charge on any atom is -0.461 e. The summed E-state index contributed by atoms with van der Waals surface area (Å²) in [5.41, 5.74) is -0.990. The highest BCUT2D eigenvalue weighted by atomic mass is 19.1. The average molecular weight is 659 g/mol. The van der Waals surface area contributed by atoms with Crippen molar-refractivity contribution in [3.05, 3.63) is 47.7 Å². The fraction of sp³-hybridized carbons (Fsp3) is 0.444. The number of pyridine rings is 1. The van der Waals surface area contributed by atoms with Crippen LogP contribution in [0.3, 0.4) is 0 Å². The van der Waals surface area contributed by atoms with Gasteiger partial charge in [0.15, 0.2) is 5.82 Å². The van der Waals surface area contributed by atoms with E-state index in [9.17, 15) is 9.18 Å². The zero-order valence-electron chi connectivity index (χ0n) is 27.4. The zero-order valence-corrected chi connectivity index (χ0v) is 27.4. The van der Waals surface area contributed by atoms with E-state index in [0.717, 1.165) is 25.8 Å². The number of terminal acetylenes is 1. The normalized spacial score (nSPS) is 22.4. The molecule has 0 aliphatic carbocycles. The molecule has 0 radical (unpaired) electrons. The van der Waals surface area contributed by atoms with Crippen molar-refractivity contribution >= 4 is 39.3 Å². The number of fused-ring (bicyclic) bond motifs is 3. The molecule has 1 N–H and O–H groups in total. The van der Waals surface area contributed by atoms with Crippen LogP contribution in [0.15, 0.2) is 30.5 Å². The Morgan fingerprint density at radius 1 is 1.21 bits per heavy atom. The number of amides is 1. The average Bonchev–Trinajstić information content (AvgIpc) is 3.55. The lowest BCUT2D eigenvalue weighted by Crippen LogP contribution is -2.46. The molecular weight excluding hydrogens is 621 g/mol. The third kappa shape index (κ3) is 5.64. The molecule has 3 aliphatic heterocycles. The monoisotopic (exact) mass is 658 g/mol. The quantitative estimate of drug-likeness (QED) is 0.222. The van der Waals surface area contributed by atoms with Gasteiger partial charge in [0.05, 0.1) is 16.5 Å². The predicted octanol–water partition coefficient (Wildman–Crippen LogP) is 7.01. The SMILES string of the molecule is C#Cc1c(F)ccc2cc(NC(=O)OC(C)(C)C)cc(-c3nc(N4CC[C@@H]4C)c4cnc(OC[C@@]56CCCN5C[C@H](F)C6)nc4c3F)c12. The molecule has 0 spiro atoms. The van der Waals surface area contributed by atoms with Crippen molar-refractivity contribution in [2.45, 2.75) is 76.7 Å². The number of ether oxygens (including phenoxy) is 2. The van der Waals surface area contributed by atoms with Crippen molar-refractivity contribution in [3.8, 4) is 29.6 Å². The molecule has 3 fully saturated rings. The Labute approximate surface area is 276 Å². The van der Waals surface area contributed by atoms with Crippen LogP contribution in [0.2, 0.25) is 0 Å². The van der Waals surface area contributed by atoms with Gasteiger partial charge < -0.3 is 14.4 Å². The number of benzene rings is 2. The van der Waals surface area contributed by atoms with E-state index in [-0.39, 0.29) is 52.1 Å². The Bertz CT molecular complexity index is 1990. The van der Waals surface area contributed by atoms with Crippen molar-refractivity contribution in [3.63, 3.8) is 0 Å². The van der Waals surface area contributed by atoms with E-state index < -0.39 is 35.0 Å². The first-order chi connectivity index (χ1) is 22.9. The van der Waals surface area contributed by atoms with E-state index in [4.69, 9.17) is 20.9 Å². The van der Waals surface area contributed by atoms with Gasteiger partial charge >= 0.3 is 12.1 Å². The lowest BCUT2D eigenvalue weighted by molar-refractivity contribution is 0.0636. The van der Waals surface area contributed by atoms with Crippen LogP contribution in [0, 0.1) is 24.0 Å². The molecule has 3 saturated heterocycles. The van der Waals surface area contributed by atoms with Crippen LogP contribution in [0.1, 0.15) is 58.9 Å². The van der Waals surface area contributed by atoms with Crippen LogP contribution < -0.4 is 15.0 Å². The van der Waals surface area contributed by atoms with E-state index in [1.165, 1.54) is 24.4 Å². The Balaban J connectivity index is 1.38. The van der Waals surface area contributed by atoms with Crippen molar-refractivity contribution in [2.24, 2.45) is 0 Å². The van der Waals surface area contributed by atoms with Crippen molar-refractivity contribution < 1.29 is 27.4 Å². The van der Waals surface area contributed by atoms with Gasteiger partial charge in [0.25, 0.3) is 0 Å². The van der Waals surface area contributed by atoms with Gasteiger partial charge in [-0.15, -0.1) is 6.42 Å². The molecule has 7 rings (SSSR count). The van der Waals surface area contributed by atoms with Gasteiger partial charge in [0, 0.05) is 48.4 Å². The number of halogens is 3. The largest absolute Gasteiger partial charge is 0.461 e. The number of aromatic nitrogens is 3. The first kappa shape index (κ1) is 31.9. The second-order valence-electron chi connectivity index (χ2n) is 14.0. The van der Waals surface area contributed by atoms with Crippen LogP contribution >= 0.6 is 0 Å². The lowest BCUT2D eigenvalue weighted by Gasteiger charge is -2.40. The molecule has 3 aliphatic rings.